The van der Waals surface area contributed by atoms with Gasteiger partial charge in [-0.05, 0) is 52.0 Å². The third kappa shape index (κ3) is 3.36. The van der Waals surface area contributed by atoms with Gasteiger partial charge in [-0.15, -0.1) is 0 Å². The minimum Gasteiger partial charge on any atom is -0.310 e. The highest BCUT2D eigenvalue weighted by atomic mass is 32.2. The lowest BCUT2D eigenvalue weighted by molar-refractivity contribution is 0.216. The largest absolute Gasteiger partial charge is 0.310 e. The number of thioether (sulfide) groups is 1. The highest BCUT2D eigenvalue weighted by Crippen LogP contribution is 2.28. The Morgan fingerprint density at radius 1 is 1.20 bits per heavy atom. The Morgan fingerprint density at radius 2 is 2.07 bits per heavy atom. The van der Waals surface area contributed by atoms with Gasteiger partial charge in [0.15, 0.2) is 0 Å². The summed E-state index contributed by atoms with van der Waals surface area (Å²) in [5, 5.41) is 4.78. The molecule has 3 heteroatoms. The summed E-state index contributed by atoms with van der Waals surface area (Å²) in [7, 11) is 2.24. The van der Waals surface area contributed by atoms with Gasteiger partial charge in [0.1, 0.15) is 0 Å². The molecule has 2 fully saturated rings. The molecule has 0 bridgehead atoms. The smallest absolute Gasteiger partial charge is 0.0197 e. The van der Waals surface area contributed by atoms with Gasteiger partial charge < -0.3 is 10.2 Å². The average Bonchev–Trinajstić information content (AvgIpc) is 2.65. The normalized spacial score (nSPS) is 38.4. The van der Waals surface area contributed by atoms with Gasteiger partial charge >= 0.3 is 0 Å². The molecule has 0 aromatic rings. The predicted octanol–water partition coefficient (Wildman–Crippen LogP) is 1.95. The summed E-state index contributed by atoms with van der Waals surface area (Å²) in [4.78, 5) is 2.46. The zero-order valence-electron chi connectivity index (χ0n) is 10.0. The van der Waals surface area contributed by atoms with Gasteiger partial charge in [0.05, 0.1) is 0 Å². The highest BCUT2D eigenvalue weighted by Gasteiger charge is 2.27. The van der Waals surface area contributed by atoms with E-state index in [0.29, 0.717) is 0 Å². The van der Waals surface area contributed by atoms with Crippen LogP contribution in [0.3, 0.4) is 0 Å². The summed E-state index contributed by atoms with van der Waals surface area (Å²) in [5.41, 5.74) is 0. The molecule has 2 aliphatic rings. The van der Waals surface area contributed by atoms with Gasteiger partial charge in [-0.25, -0.2) is 0 Å². The van der Waals surface area contributed by atoms with E-state index in [1.54, 1.807) is 0 Å². The van der Waals surface area contributed by atoms with Crippen LogP contribution in [-0.2, 0) is 0 Å². The van der Waals surface area contributed by atoms with Crippen LogP contribution in [0.15, 0.2) is 0 Å². The predicted molar refractivity (Wildman–Crippen MR) is 68.6 cm³/mol. The van der Waals surface area contributed by atoms with Crippen molar-refractivity contribution in [2.45, 2.75) is 49.4 Å². The molecule has 3 atom stereocenters. The van der Waals surface area contributed by atoms with Crippen LogP contribution >= 0.6 is 11.8 Å². The summed E-state index contributed by atoms with van der Waals surface area (Å²) in [5.74, 6) is 0. The van der Waals surface area contributed by atoms with E-state index in [0.717, 1.165) is 17.3 Å². The second-order valence-electron chi connectivity index (χ2n) is 5.14. The number of piperidine rings is 1. The van der Waals surface area contributed by atoms with Crippen molar-refractivity contribution in [3.8, 4) is 0 Å². The van der Waals surface area contributed by atoms with Crippen molar-refractivity contribution in [1.29, 1.82) is 0 Å². The number of likely N-dealkylation sites (N-methyl/N-ethyl adjacent to an activating group) is 1. The molecule has 15 heavy (non-hydrogen) atoms. The van der Waals surface area contributed by atoms with Gasteiger partial charge in [-0.1, -0.05) is 0 Å². The lowest BCUT2D eigenvalue weighted by Gasteiger charge is -2.32. The molecule has 3 unspecified atom stereocenters. The lowest BCUT2D eigenvalue weighted by atomic mass is 10.0. The number of hydrogen-bond donors (Lipinski definition) is 1. The summed E-state index contributed by atoms with van der Waals surface area (Å²) in [6.45, 7) is 2.54. The molecular weight excluding hydrogens is 204 g/mol. The van der Waals surface area contributed by atoms with Crippen LogP contribution in [0.5, 0.6) is 0 Å². The molecule has 0 radical (unpaired) electrons. The molecule has 1 aliphatic heterocycles. The molecule has 1 N–H and O–H groups in total. The number of likely N-dealkylation sites (tertiary alicyclic amines) is 1. The average molecular weight is 228 g/mol. The Hall–Kier alpha value is 0.270. The first-order valence-electron chi connectivity index (χ1n) is 6.25. The maximum absolute atomic E-state index is 3.86. The monoisotopic (exact) mass is 228 g/mol. The van der Waals surface area contributed by atoms with Crippen LogP contribution < -0.4 is 5.32 Å². The van der Waals surface area contributed by atoms with Crippen LogP contribution in [0.1, 0.15) is 32.1 Å². The molecule has 2 rings (SSSR count). The van der Waals surface area contributed by atoms with Gasteiger partial charge in [-0.3, -0.25) is 0 Å². The quantitative estimate of drug-likeness (QED) is 0.795. The number of nitrogens with one attached hydrogen (secondary N) is 1. The van der Waals surface area contributed by atoms with Crippen LogP contribution in [0, 0.1) is 0 Å². The van der Waals surface area contributed by atoms with E-state index in [2.05, 4.69) is 23.5 Å². The Morgan fingerprint density at radius 3 is 2.73 bits per heavy atom. The molecule has 2 nitrogen and oxygen atoms in total. The first-order chi connectivity index (χ1) is 7.28. The Labute approximate surface area is 98.2 Å². The van der Waals surface area contributed by atoms with Crippen molar-refractivity contribution in [2.75, 3.05) is 26.4 Å². The number of rotatable bonds is 3. The maximum atomic E-state index is 3.86. The van der Waals surface area contributed by atoms with E-state index in [1.165, 1.54) is 45.2 Å². The number of nitrogens with zero attached hydrogens (tertiary/aromatic N) is 1. The van der Waals surface area contributed by atoms with Crippen molar-refractivity contribution in [3.05, 3.63) is 0 Å². The van der Waals surface area contributed by atoms with Gasteiger partial charge in [-0.2, -0.15) is 11.8 Å². The molecule has 0 aromatic carbocycles. The molecule has 0 amide bonds. The van der Waals surface area contributed by atoms with E-state index < -0.39 is 0 Å². The fraction of sp³-hybridized carbons (Fsp3) is 1.00. The van der Waals surface area contributed by atoms with Gasteiger partial charge in [0.25, 0.3) is 0 Å². The zero-order valence-corrected chi connectivity index (χ0v) is 10.9. The van der Waals surface area contributed by atoms with Crippen LogP contribution in [0.2, 0.25) is 0 Å². The summed E-state index contributed by atoms with van der Waals surface area (Å²) >= 11 is 2.05. The Balaban J connectivity index is 1.72. The Bertz CT molecular complexity index is 198. The number of hydrogen-bond acceptors (Lipinski definition) is 3. The molecular formula is C12H24N2S. The summed E-state index contributed by atoms with van der Waals surface area (Å²) in [6.07, 6.45) is 9.20. The third-order valence-corrected chi connectivity index (χ3v) is 4.91. The van der Waals surface area contributed by atoms with E-state index >= 15 is 0 Å². The van der Waals surface area contributed by atoms with Crippen molar-refractivity contribution < 1.29 is 0 Å². The van der Waals surface area contributed by atoms with Crippen molar-refractivity contribution >= 4 is 11.8 Å². The maximum Gasteiger partial charge on any atom is 0.0197 e. The topological polar surface area (TPSA) is 15.3 Å². The van der Waals surface area contributed by atoms with E-state index in [4.69, 9.17) is 0 Å². The summed E-state index contributed by atoms with van der Waals surface area (Å²) < 4.78 is 0. The molecule has 1 saturated heterocycles. The molecule has 1 aliphatic carbocycles. The van der Waals surface area contributed by atoms with Gasteiger partial charge in [0.2, 0.25) is 0 Å². The second kappa shape index (κ2) is 5.55. The van der Waals surface area contributed by atoms with Crippen molar-refractivity contribution in [1.82, 2.24) is 10.2 Å². The van der Waals surface area contributed by atoms with E-state index in [1.807, 2.05) is 11.8 Å². The first kappa shape index (κ1) is 11.7. The van der Waals surface area contributed by atoms with Crippen LogP contribution in [0.4, 0.5) is 0 Å². The fourth-order valence-corrected chi connectivity index (χ4v) is 3.74. The van der Waals surface area contributed by atoms with E-state index in [9.17, 15) is 0 Å². The van der Waals surface area contributed by atoms with Crippen molar-refractivity contribution in [3.63, 3.8) is 0 Å². The second-order valence-corrected chi connectivity index (χ2v) is 6.27. The Kier molecular flexibility index (Phi) is 4.35. The standard InChI is InChI=1S/C12H24N2S/c1-14-7-3-4-11(9-14)13-10-5-6-12(8-10)15-2/h10-13H,3-9H2,1-2H3. The molecule has 0 aromatic heterocycles. The van der Waals surface area contributed by atoms with Crippen molar-refractivity contribution in [2.24, 2.45) is 0 Å². The first-order valence-corrected chi connectivity index (χ1v) is 7.54. The van der Waals surface area contributed by atoms with Crippen LogP contribution in [0.25, 0.3) is 0 Å². The minimum absolute atomic E-state index is 0.759. The SMILES string of the molecule is CSC1CCC(NC2CCCN(C)C2)C1. The van der Waals surface area contributed by atoms with E-state index in [-0.39, 0.29) is 0 Å². The summed E-state index contributed by atoms with van der Waals surface area (Å²) in [6, 6.07) is 1.56. The molecule has 0 spiro atoms. The molecule has 1 saturated carbocycles. The lowest BCUT2D eigenvalue weighted by Crippen LogP contribution is -2.47. The highest BCUT2D eigenvalue weighted by molar-refractivity contribution is 7.99. The fourth-order valence-electron chi connectivity index (χ4n) is 2.94. The zero-order chi connectivity index (χ0) is 10.7. The van der Waals surface area contributed by atoms with Gasteiger partial charge in [0, 0.05) is 23.9 Å². The third-order valence-electron chi connectivity index (χ3n) is 3.81. The molecule has 88 valence electrons. The van der Waals surface area contributed by atoms with Crippen LogP contribution in [-0.4, -0.2) is 48.6 Å². The minimum atomic E-state index is 0.759. The molecule has 1 heterocycles.